The van der Waals surface area contributed by atoms with Gasteiger partial charge in [-0.1, -0.05) is 48.5 Å². The number of ether oxygens (including phenoxy) is 1. The highest BCUT2D eigenvalue weighted by Crippen LogP contribution is 2.44. The van der Waals surface area contributed by atoms with Crippen LogP contribution in [-0.4, -0.2) is 35.6 Å². The van der Waals surface area contributed by atoms with Gasteiger partial charge in [-0.2, -0.15) is 0 Å². The zero-order valence-corrected chi connectivity index (χ0v) is 15.0. The zero-order valence-electron chi connectivity index (χ0n) is 15.0. The summed E-state index contributed by atoms with van der Waals surface area (Å²) in [5.41, 5.74) is 4.40. The summed E-state index contributed by atoms with van der Waals surface area (Å²) in [5, 5.41) is 11.5. The molecule has 0 radical (unpaired) electrons. The highest BCUT2D eigenvalue weighted by atomic mass is 16.5. The topological polar surface area (TPSA) is 92.7 Å². The van der Waals surface area contributed by atoms with E-state index in [4.69, 9.17) is 4.74 Å². The number of aliphatic carboxylic acids is 1. The molecular weight excluding hydrogens is 346 g/mol. The van der Waals surface area contributed by atoms with E-state index in [1.54, 1.807) is 0 Å². The van der Waals surface area contributed by atoms with E-state index in [-0.39, 0.29) is 31.1 Å². The van der Waals surface area contributed by atoms with Crippen LogP contribution in [0.1, 0.15) is 36.8 Å². The van der Waals surface area contributed by atoms with Crippen molar-refractivity contribution in [3.05, 3.63) is 59.7 Å². The van der Waals surface area contributed by atoms with Crippen molar-refractivity contribution in [1.82, 2.24) is 5.32 Å². The van der Waals surface area contributed by atoms with Crippen molar-refractivity contribution >= 4 is 17.8 Å². The summed E-state index contributed by atoms with van der Waals surface area (Å²) in [5.74, 6) is -1.41. The largest absolute Gasteiger partial charge is 0.480 e. The molecule has 2 N–H and O–H groups in total. The number of alkyl carbamates (subject to hydrolysis) is 1. The highest BCUT2D eigenvalue weighted by molar-refractivity contribution is 5.82. The molecule has 1 aliphatic carbocycles. The summed E-state index contributed by atoms with van der Waals surface area (Å²) in [6, 6.07) is 14.8. The summed E-state index contributed by atoms with van der Waals surface area (Å²) < 4.78 is 5.33. The molecule has 1 amide bonds. The lowest BCUT2D eigenvalue weighted by Crippen LogP contribution is -2.41. The summed E-state index contributed by atoms with van der Waals surface area (Å²) in [6.07, 6.45) is -0.678. The van der Waals surface area contributed by atoms with Crippen molar-refractivity contribution in [3.8, 4) is 11.1 Å². The summed E-state index contributed by atoms with van der Waals surface area (Å²) in [4.78, 5) is 34.4. The number of hydrogen-bond donors (Lipinski definition) is 2. The standard InChI is InChI=1S/C21H21NO5/c1-13(23)10-11-19(20(24)25)22-21(26)27-12-18-16-8-4-2-6-14(16)15-7-3-5-9-17(15)18/h2-9,18-19H,10-12H2,1H3,(H,22,26)(H,24,25)/t19-/m1/s1. The molecule has 0 fully saturated rings. The Morgan fingerprint density at radius 3 is 2.11 bits per heavy atom. The Morgan fingerprint density at radius 1 is 1.04 bits per heavy atom. The van der Waals surface area contributed by atoms with E-state index in [2.05, 4.69) is 5.32 Å². The van der Waals surface area contributed by atoms with Crippen molar-refractivity contribution in [1.29, 1.82) is 0 Å². The summed E-state index contributed by atoms with van der Waals surface area (Å²) in [6.45, 7) is 1.49. The molecule has 2 aromatic rings. The minimum Gasteiger partial charge on any atom is -0.480 e. The molecule has 6 nitrogen and oxygen atoms in total. The van der Waals surface area contributed by atoms with Crippen LogP contribution in [0.15, 0.2) is 48.5 Å². The molecular formula is C21H21NO5. The molecule has 1 atom stereocenters. The molecule has 0 aromatic heterocycles. The third-order valence-electron chi connectivity index (χ3n) is 4.72. The molecule has 1 aliphatic rings. The quantitative estimate of drug-likeness (QED) is 0.783. The number of benzene rings is 2. The lowest BCUT2D eigenvalue weighted by atomic mass is 9.98. The number of carboxylic acid groups (broad SMARTS) is 1. The Labute approximate surface area is 157 Å². The first-order chi connectivity index (χ1) is 13.0. The van der Waals surface area contributed by atoms with Crippen LogP contribution < -0.4 is 5.32 Å². The van der Waals surface area contributed by atoms with E-state index in [1.165, 1.54) is 6.92 Å². The van der Waals surface area contributed by atoms with Gasteiger partial charge in [-0.3, -0.25) is 0 Å². The van der Waals surface area contributed by atoms with E-state index in [9.17, 15) is 19.5 Å². The zero-order chi connectivity index (χ0) is 19.4. The van der Waals surface area contributed by atoms with Gasteiger partial charge < -0.3 is 20.0 Å². The smallest absolute Gasteiger partial charge is 0.407 e. The molecule has 2 aromatic carbocycles. The van der Waals surface area contributed by atoms with Gasteiger partial charge in [0.2, 0.25) is 0 Å². The van der Waals surface area contributed by atoms with Gasteiger partial charge in [-0.25, -0.2) is 9.59 Å². The fourth-order valence-corrected chi connectivity index (χ4v) is 3.39. The van der Waals surface area contributed by atoms with Gasteiger partial charge in [-0.15, -0.1) is 0 Å². The second kappa shape index (κ2) is 8.03. The second-order valence-electron chi connectivity index (χ2n) is 6.60. The number of fused-ring (bicyclic) bond motifs is 3. The van der Waals surface area contributed by atoms with Crippen molar-refractivity contribution in [2.24, 2.45) is 0 Å². The Hall–Kier alpha value is -3.15. The lowest BCUT2D eigenvalue weighted by Gasteiger charge is -2.17. The van der Waals surface area contributed by atoms with E-state index in [1.807, 2.05) is 48.5 Å². The van der Waals surface area contributed by atoms with Crippen molar-refractivity contribution in [2.75, 3.05) is 6.61 Å². The number of rotatable bonds is 7. The van der Waals surface area contributed by atoms with Crippen LogP contribution in [0.5, 0.6) is 0 Å². The van der Waals surface area contributed by atoms with Crippen LogP contribution >= 0.6 is 0 Å². The van der Waals surface area contributed by atoms with Crippen LogP contribution in [0.3, 0.4) is 0 Å². The summed E-state index contributed by atoms with van der Waals surface area (Å²) in [7, 11) is 0. The third-order valence-corrected chi connectivity index (χ3v) is 4.72. The number of nitrogens with one attached hydrogen (secondary N) is 1. The molecule has 0 bridgehead atoms. The maximum Gasteiger partial charge on any atom is 0.407 e. The average Bonchev–Trinajstić information content (AvgIpc) is 2.97. The van der Waals surface area contributed by atoms with E-state index >= 15 is 0 Å². The molecule has 0 saturated heterocycles. The number of ketones is 1. The number of carbonyl (C=O) groups is 3. The molecule has 0 saturated carbocycles. The van der Waals surface area contributed by atoms with Crippen molar-refractivity contribution in [3.63, 3.8) is 0 Å². The van der Waals surface area contributed by atoms with Crippen molar-refractivity contribution in [2.45, 2.75) is 31.7 Å². The normalized spacial score (nSPS) is 13.4. The third kappa shape index (κ3) is 4.16. The fraction of sp³-hybridized carbons (Fsp3) is 0.286. The Morgan fingerprint density at radius 2 is 1.59 bits per heavy atom. The lowest BCUT2D eigenvalue weighted by molar-refractivity contribution is -0.139. The molecule has 0 unspecified atom stereocenters. The molecule has 0 spiro atoms. The molecule has 140 valence electrons. The van der Waals surface area contributed by atoms with Gasteiger partial charge in [0.25, 0.3) is 0 Å². The van der Waals surface area contributed by atoms with Crippen LogP contribution in [0.4, 0.5) is 4.79 Å². The van der Waals surface area contributed by atoms with E-state index < -0.39 is 18.1 Å². The summed E-state index contributed by atoms with van der Waals surface area (Å²) >= 11 is 0. The van der Waals surface area contributed by atoms with Gasteiger partial charge in [0.05, 0.1) is 0 Å². The SMILES string of the molecule is CC(=O)CC[C@@H](NC(=O)OCC1c2ccccc2-c2ccccc21)C(=O)O. The Balaban J connectivity index is 1.67. The monoisotopic (exact) mass is 367 g/mol. The predicted molar refractivity (Wildman–Crippen MR) is 99.5 cm³/mol. The van der Waals surface area contributed by atoms with Crippen LogP contribution in [0.25, 0.3) is 11.1 Å². The predicted octanol–water partition coefficient (Wildman–Crippen LogP) is 3.35. The highest BCUT2D eigenvalue weighted by Gasteiger charge is 2.29. The molecule has 27 heavy (non-hydrogen) atoms. The first-order valence-corrected chi connectivity index (χ1v) is 8.81. The Kier molecular flexibility index (Phi) is 5.54. The van der Waals surface area contributed by atoms with Gasteiger partial charge in [0, 0.05) is 12.3 Å². The van der Waals surface area contributed by atoms with Crippen LogP contribution in [0, 0.1) is 0 Å². The minimum atomic E-state index is -1.19. The van der Waals surface area contributed by atoms with Gasteiger partial charge in [0.15, 0.2) is 0 Å². The first kappa shape index (κ1) is 18.6. The maximum absolute atomic E-state index is 12.1. The molecule has 0 aliphatic heterocycles. The van der Waals surface area contributed by atoms with E-state index in [0.717, 1.165) is 22.3 Å². The Bertz CT molecular complexity index is 831. The van der Waals surface area contributed by atoms with Crippen molar-refractivity contribution < 1.29 is 24.2 Å². The van der Waals surface area contributed by atoms with Crippen LogP contribution in [0.2, 0.25) is 0 Å². The number of Topliss-reactive ketones (excluding diaryl/α,β-unsaturated/α-hetero) is 1. The second-order valence-corrected chi connectivity index (χ2v) is 6.60. The fourth-order valence-electron chi connectivity index (χ4n) is 3.39. The number of carboxylic acids is 1. The van der Waals surface area contributed by atoms with Gasteiger partial charge >= 0.3 is 12.1 Å². The first-order valence-electron chi connectivity index (χ1n) is 8.81. The number of amides is 1. The molecule has 3 rings (SSSR count). The van der Waals surface area contributed by atoms with Gasteiger partial charge in [0.1, 0.15) is 18.4 Å². The number of carbonyl (C=O) groups excluding carboxylic acids is 2. The molecule has 6 heteroatoms. The maximum atomic E-state index is 12.1. The average molecular weight is 367 g/mol. The van der Waals surface area contributed by atoms with Gasteiger partial charge in [-0.05, 0) is 35.6 Å². The van der Waals surface area contributed by atoms with E-state index in [0.29, 0.717) is 0 Å². The minimum absolute atomic E-state index is 0.0366. The van der Waals surface area contributed by atoms with Crippen LogP contribution in [-0.2, 0) is 14.3 Å². The number of hydrogen-bond acceptors (Lipinski definition) is 4. The molecule has 0 heterocycles.